The van der Waals surface area contributed by atoms with E-state index in [0.29, 0.717) is 0 Å². The highest BCUT2D eigenvalue weighted by atomic mass is 16.5. The predicted octanol–water partition coefficient (Wildman–Crippen LogP) is 4.51. The van der Waals surface area contributed by atoms with Crippen molar-refractivity contribution in [2.75, 3.05) is 0 Å². The zero-order chi connectivity index (χ0) is 17.7. The Balaban J connectivity index is 1.98. The molecule has 2 rings (SSSR count). The number of amides is 1. The van der Waals surface area contributed by atoms with Gasteiger partial charge in [-0.05, 0) is 62.4 Å². The standard InChI is InChI=1S/C21H27NO2/c1-6-18-9-11-19(12-10-18)16(4)22-21(23)17(5)24-20-13-14(2)7-8-15(20)3/h7-13,16-17H,6H2,1-5H3,(H,22,23)/t16-,17+/m1/s1. The van der Waals surface area contributed by atoms with Crippen LogP contribution < -0.4 is 10.1 Å². The van der Waals surface area contributed by atoms with Gasteiger partial charge in [-0.3, -0.25) is 4.79 Å². The van der Waals surface area contributed by atoms with Crippen LogP contribution in [0.15, 0.2) is 42.5 Å². The van der Waals surface area contributed by atoms with Gasteiger partial charge in [0.25, 0.3) is 5.91 Å². The van der Waals surface area contributed by atoms with Crippen LogP contribution >= 0.6 is 0 Å². The molecule has 2 atom stereocenters. The molecule has 0 unspecified atom stereocenters. The van der Waals surface area contributed by atoms with Crippen LogP contribution in [0.3, 0.4) is 0 Å². The average molecular weight is 325 g/mol. The van der Waals surface area contributed by atoms with Crippen LogP contribution in [0.5, 0.6) is 5.75 Å². The Labute approximate surface area is 145 Å². The second kappa shape index (κ2) is 8.00. The highest BCUT2D eigenvalue weighted by molar-refractivity contribution is 5.81. The number of rotatable bonds is 6. The molecule has 3 heteroatoms. The maximum Gasteiger partial charge on any atom is 0.261 e. The van der Waals surface area contributed by atoms with Gasteiger partial charge in [0.15, 0.2) is 6.10 Å². The summed E-state index contributed by atoms with van der Waals surface area (Å²) in [7, 11) is 0. The number of aryl methyl sites for hydroxylation is 3. The minimum atomic E-state index is -0.539. The molecule has 0 fully saturated rings. The maximum absolute atomic E-state index is 12.4. The second-order valence-corrected chi connectivity index (χ2v) is 6.35. The molecule has 0 aliphatic heterocycles. The number of carbonyl (C=O) groups is 1. The minimum absolute atomic E-state index is 0.0481. The number of hydrogen-bond donors (Lipinski definition) is 1. The third kappa shape index (κ3) is 4.60. The fourth-order valence-electron chi connectivity index (χ4n) is 2.53. The third-order valence-electron chi connectivity index (χ3n) is 4.26. The third-order valence-corrected chi connectivity index (χ3v) is 4.26. The number of ether oxygens (including phenoxy) is 1. The highest BCUT2D eigenvalue weighted by Crippen LogP contribution is 2.21. The van der Waals surface area contributed by atoms with Gasteiger partial charge in [0.2, 0.25) is 0 Å². The molecule has 1 N–H and O–H groups in total. The van der Waals surface area contributed by atoms with Crippen molar-refractivity contribution in [1.29, 1.82) is 0 Å². The van der Waals surface area contributed by atoms with Crippen molar-refractivity contribution in [3.8, 4) is 5.75 Å². The number of hydrogen-bond acceptors (Lipinski definition) is 2. The van der Waals surface area contributed by atoms with Crippen molar-refractivity contribution < 1.29 is 9.53 Å². The Kier molecular flexibility index (Phi) is 6.02. The lowest BCUT2D eigenvalue weighted by Crippen LogP contribution is -2.37. The van der Waals surface area contributed by atoms with Crippen molar-refractivity contribution in [1.82, 2.24) is 5.32 Å². The van der Waals surface area contributed by atoms with E-state index in [1.807, 2.05) is 39.0 Å². The molecule has 24 heavy (non-hydrogen) atoms. The second-order valence-electron chi connectivity index (χ2n) is 6.35. The van der Waals surface area contributed by atoms with E-state index in [1.165, 1.54) is 5.56 Å². The summed E-state index contributed by atoms with van der Waals surface area (Å²) in [5, 5.41) is 3.02. The molecule has 2 aromatic carbocycles. The summed E-state index contributed by atoms with van der Waals surface area (Å²) in [4.78, 5) is 12.4. The lowest BCUT2D eigenvalue weighted by Gasteiger charge is -2.20. The smallest absolute Gasteiger partial charge is 0.261 e. The van der Waals surface area contributed by atoms with E-state index in [0.717, 1.165) is 28.9 Å². The maximum atomic E-state index is 12.4. The van der Waals surface area contributed by atoms with Gasteiger partial charge < -0.3 is 10.1 Å². The summed E-state index contributed by atoms with van der Waals surface area (Å²) in [6, 6.07) is 14.3. The Morgan fingerprint density at radius 2 is 1.75 bits per heavy atom. The Morgan fingerprint density at radius 3 is 2.38 bits per heavy atom. The summed E-state index contributed by atoms with van der Waals surface area (Å²) in [5.74, 6) is 0.653. The van der Waals surface area contributed by atoms with Gasteiger partial charge in [-0.1, -0.05) is 43.3 Å². The van der Waals surface area contributed by atoms with Crippen LogP contribution in [-0.2, 0) is 11.2 Å². The zero-order valence-electron chi connectivity index (χ0n) is 15.2. The lowest BCUT2D eigenvalue weighted by atomic mass is 10.0. The van der Waals surface area contributed by atoms with E-state index in [-0.39, 0.29) is 11.9 Å². The summed E-state index contributed by atoms with van der Waals surface area (Å²) in [5.41, 5.74) is 4.54. The number of carbonyl (C=O) groups excluding carboxylic acids is 1. The summed E-state index contributed by atoms with van der Waals surface area (Å²) >= 11 is 0. The van der Waals surface area contributed by atoms with Crippen LogP contribution in [0.4, 0.5) is 0 Å². The Hall–Kier alpha value is -2.29. The highest BCUT2D eigenvalue weighted by Gasteiger charge is 2.18. The normalized spacial score (nSPS) is 13.2. The SMILES string of the molecule is CCc1ccc([C@@H](C)NC(=O)[C@H](C)Oc2cc(C)ccc2C)cc1. The van der Waals surface area contributed by atoms with Crippen molar-refractivity contribution in [2.45, 2.75) is 53.2 Å². The Morgan fingerprint density at radius 1 is 1.08 bits per heavy atom. The van der Waals surface area contributed by atoms with Gasteiger partial charge in [-0.15, -0.1) is 0 Å². The molecule has 0 bridgehead atoms. The quantitative estimate of drug-likeness (QED) is 0.848. The first-order chi connectivity index (χ1) is 11.4. The van der Waals surface area contributed by atoms with E-state index in [1.54, 1.807) is 6.92 Å². The summed E-state index contributed by atoms with van der Waals surface area (Å²) < 4.78 is 5.85. The largest absolute Gasteiger partial charge is 0.481 e. The monoisotopic (exact) mass is 325 g/mol. The summed E-state index contributed by atoms with van der Waals surface area (Å²) in [6.07, 6.45) is 0.477. The van der Waals surface area contributed by atoms with Crippen LogP contribution in [0.25, 0.3) is 0 Å². The van der Waals surface area contributed by atoms with Gasteiger partial charge in [0.1, 0.15) is 5.75 Å². The van der Waals surface area contributed by atoms with Crippen LogP contribution in [0.2, 0.25) is 0 Å². The van der Waals surface area contributed by atoms with E-state index in [2.05, 4.69) is 36.5 Å². The molecular formula is C21H27NO2. The summed E-state index contributed by atoms with van der Waals surface area (Å²) in [6.45, 7) is 9.90. The van der Waals surface area contributed by atoms with Crippen molar-refractivity contribution >= 4 is 5.91 Å². The molecule has 0 aliphatic rings. The van der Waals surface area contributed by atoms with Crippen molar-refractivity contribution in [3.05, 3.63) is 64.7 Å². The molecule has 0 aliphatic carbocycles. The lowest BCUT2D eigenvalue weighted by molar-refractivity contribution is -0.127. The molecule has 2 aromatic rings. The average Bonchev–Trinajstić information content (AvgIpc) is 2.58. The van der Waals surface area contributed by atoms with E-state index >= 15 is 0 Å². The van der Waals surface area contributed by atoms with Gasteiger partial charge in [0, 0.05) is 0 Å². The van der Waals surface area contributed by atoms with Gasteiger partial charge in [-0.25, -0.2) is 0 Å². The van der Waals surface area contributed by atoms with Crippen molar-refractivity contribution in [3.63, 3.8) is 0 Å². The molecule has 128 valence electrons. The molecule has 0 saturated carbocycles. The molecule has 0 heterocycles. The van der Waals surface area contributed by atoms with Gasteiger partial charge in [0.05, 0.1) is 6.04 Å². The van der Waals surface area contributed by atoms with Crippen LogP contribution in [0.1, 0.15) is 49.1 Å². The minimum Gasteiger partial charge on any atom is -0.481 e. The van der Waals surface area contributed by atoms with E-state index in [9.17, 15) is 4.79 Å². The first kappa shape index (κ1) is 18.1. The molecule has 0 saturated heterocycles. The topological polar surface area (TPSA) is 38.3 Å². The number of nitrogens with one attached hydrogen (secondary N) is 1. The van der Waals surface area contributed by atoms with Crippen molar-refractivity contribution in [2.24, 2.45) is 0 Å². The molecule has 1 amide bonds. The Bertz CT molecular complexity index is 691. The molecule has 3 nitrogen and oxygen atoms in total. The molecule has 0 spiro atoms. The molecule has 0 aromatic heterocycles. The van der Waals surface area contributed by atoms with E-state index in [4.69, 9.17) is 4.74 Å². The van der Waals surface area contributed by atoms with Gasteiger partial charge in [-0.2, -0.15) is 0 Å². The molecular weight excluding hydrogens is 298 g/mol. The van der Waals surface area contributed by atoms with Gasteiger partial charge >= 0.3 is 0 Å². The fraction of sp³-hybridized carbons (Fsp3) is 0.381. The zero-order valence-corrected chi connectivity index (χ0v) is 15.2. The van der Waals surface area contributed by atoms with Crippen LogP contribution in [0, 0.1) is 13.8 Å². The fourth-order valence-corrected chi connectivity index (χ4v) is 2.53. The molecule has 0 radical (unpaired) electrons. The van der Waals surface area contributed by atoms with Crippen LogP contribution in [-0.4, -0.2) is 12.0 Å². The number of benzene rings is 2. The first-order valence-corrected chi connectivity index (χ1v) is 8.53. The van der Waals surface area contributed by atoms with E-state index < -0.39 is 6.10 Å². The predicted molar refractivity (Wildman–Crippen MR) is 98.4 cm³/mol. The first-order valence-electron chi connectivity index (χ1n) is 8.53.